The lowest BCUT2D eigenvalue weighted by molar-refractivity contribution is 0.0953. The summed E-state index contributed by atoms with van der Waals surface area (Å²) in [6.07, 6.45) is 6.44. The molecule has 0 radical (unpaired) electrons. The van der Waals surface area contributed by atoms with Crippen LogP contribution >= 0.6 is 11.6 Å². The number of allylic oxidation sites excluding steroid dienone is 1. The predicted octanol–water partition coefficient (Wildman–Crippen LogP) is 6.93. The molecule has 1 N–H and O–H groups in total. The molecule has 5 rings (SSSR count). The average molecular weight is 499 g/mol. The highest BCUT2D eigenvalue weighted by Crippen LogP contribution is 2.35. The molecule has 0 fully saturated rings. The van der Waals surface area contributed by atoms with E-state index in [1.54, 1.807) is 30.3 Å². The van der Waals surface area contributed by atoms with Crippen LogP contribution in [0, 0.1) is 12.7 Å². The summed E-state index contributed by atoms with van der Waals surface area (Å²) in [5.41, 5.74) is 6.50. The van der Waals surface area contributed by atoms with E-state index in [1.807, 2.05) is 37.4 Å². The van der Waals surface area contributed by atoms with E-state index < -0.39 is 0 Å². The third-order valence-electron chi connectivity index (χ3n) is 6.06. The minimum absolute atomic E-state index is 0.164. The highest BCUT2D eigenvalue weighted by atomic mass is 35.5. The topological polar surface area (TPSA) is 67.2 Å². The number of aryl methyl sites for hydroxylation is 1. The molecule has 5 nitrogen and oxygen atoms in total. The molecule has 0 bridgehead atoms. The van der Waals surface area contributed by atoms with Gasteiger partial charge in [-0.1, -0.05) is 29.3 Å². The third kappa shape index (κ3) is 5.19. The summed E-state index contributed by atoms with van der Waals surface area (Å²) in [4.78, 5) is 26.8. The number of aliphatic imine (C=N–C) groups is 1. The Kier molecular flexibility index (Phi) is 6.87. The number of amides is 1. The van der Waals surface area contributed by atoms with Crippen molar-refractivity contribution >= 4 is 34.3 Å². The van der Waals surface area contributed by atoms with E-state index in [-0.39, 0.29) is 11.7 Å². The normalized spacial score (nSPS) is 12.7. The number of benzene rings is 3. The number of carbonyl (C=O) groups excluding carboxylic acids is 1. The van der Waals surface area contributed by atoms with Crippen molar-refractivity contribution in [3.05, 3.63) is 94.9 Å². The van der Waals surface area contributed by atoms with Crippen LogP contribution in [-0.4, -0.2) is 28.1 Å². The van der Waals surface area contributed by atoms with Crippen LogP contribution in [0.4, 0.5) is 4.39 Å². The van der Waals surface area contributed by atoms with Crippen LogP contribution in [0.3, 0.4) is 0 Å². The molecule has 0 saturated carbocycles. The van der Waals surface area contributed by atoms with Crippen LogP contribution in [-0.2, 0) is 0 Å². The van der Waals surface area contributed by atoms with Gasteiger partial charge >= 0.3 is 0 Å². The number of nitrogens with zero attached hydrogens (tertiary/aromatic N) is 3. The van der Waals surface area contributed by atoms with Crippen molar-refractivity contribution in [3.63, 3.8) is 0 Å². The van der Waals surface area contributed by atoms with E-state index in [2.05, 4.69) is 10.3 Å². The van der Waals surface area contributed by atoms with Gasteiger partial charge in [-0.3, -0.25) is 9.79 Å². The number of fused-ring (bicyclic) bond motifs is 1. The molecule has 1 amide bonds. The van der Waals surface area contributed by atoms with Gasteiger partial charge in [-0.05, 0) is 74.4 Å². The van der Waals surface area contributed by atoms with Crippen LogP contribution in [0.1, 0.15) is 35.2 Å². The zero-order chi connectivity index (χ0) is 25.1. The summed E-state index contributed by atoms with van der Waals surface area (Å²) in [7, 11) is 0. The SMILES string of the molecule is Cc1ccc(Cl)c(-c2nc3cc(C(=O)NCCCC4=NC=CC4)ccc3nc2-c2ccc(F)cc2)c1. The zero-order valence-corrected chi connectivity index (χ0v) is 20.5. The van der Waals surface area contributed by atoms with E-state index >= 15 is 0 Å². The number of hydrogen-bond donors (Lipinski definition) is 1. The number of rotatable bonds is 7. The predicted molar refractivity (Wildman–Crippen MR) is 143 cm³/mol. The molecule has 0 atom stereocenters. The van der Waals surface area contributed by atoms with Gasteiger partial charge in [-0.25, -0.2) is 14.4 Å². The Bertz CT molecular complexity index is 1510. The zero-order valence-electron chi connectivity index (χ0n) is 19.8. The third-order valence-corrected chi connectivity index (χ3v) is 6.39. The summed E-state index contributed by atoms with van der Waals surface area (Å²) in [6, 6.07) is 17.1. The molecular formula is C29H24ClFN4O. The van der Waals surface area contributed by atoms with Gasteiger partial charge in [0.2, 0.25) is 0 Å². The Morgan fingerprint density at radius 1 is 1.00 bits per heavy atom. The summed E-state index contributed by atoms with van der Waals surface area (Å²) < 4.78 is 13.6. The molecule has 4 aromatic rings. The van der Waals surface area contributed by atoms with E-state index in [4.69, 9.17) is 21.6 Å². The molecule has 7 heteroatoms. The van der Waals surface area contributed by atoms with Gasteiger partial charge in [-0.15, -0.1) is 0 Å². The fourth-order valence-electron chi connectivity index (χ4n) is 4.18. The number of hydrogen-bond acceptors (Lipinski definition) is 4. The number of halogens is 2. The van der Waals surface area contributed by atoms with Crippen LogP contribution in [0.2, 0.25) is 5.02 Å². The quantitative estimate of drug-likeness (QED) is 0.281. The molecule has 3 aromatic carbocycles. The maximum Gasteiger partial charge on any atom is 0.251 e. The van der Waals surface area contributed by atoms with Gasteiger partial charge in [0.1, 0.15) is 5.82 Å². The smallest absolute Gasteiger partial charge is 0.251 e. The Hall–Kier alpha value is -3.90. The van der Waals surface area contributed by atoms with Crippen LogP contribution < -0.4 is 5.32 Å². The minimum atomic E-state index is -0.328. The Morgan fingerprint density at radius 3 is 2.58 bits per heavy atom. The molecule has 2 heterocycles. The first-order valence-electron chi connectivity index (χ1n) is 11.8. The van der Waals surface area contributed by atoms with Gasteiger partial charge in [0.25, 0.3) is 5.91 Å². The lowest BCUT2D eigenvalue weighted by atomic mass is 10.0. The van der Waals surface area contributed by atoms with Crippen LogP contribution in [0.15, 0.2) is 77.9 Å². The van der Waals surface area contributed by atoms with Crippen molar-refractivity contribution in [1.82, 2.24) is 15.3 Å². The molecule has 36 heavy (non-hydrogen) atoms. The maximum atomic E-state index is 13.6. The van der Waals surface area contributed by atoms with Crippen molar-refractivity contribution in [2.75, 3.05) is 6.54 Å². The molecule has 1 aliphatic heterocycles. The molecular weight excluding hydrogens is 475 g/mol. The van der Waals surface area contributed by atoms with E-state index in [9.17, 15) is 9.18 Å². The van der Waals surface area contributed by atoms with Crippen molar-refractivity contribution in [3.8, 4) is 22.5 Å². The number of nitrogens with one attached hydrogen (secondary N) is 1. The van der Waals surface area contributed by atoms with Crippen molar-refractivity contribution in [1.29, 1.82) is 0 Å². The number of carbonyl (C=O) groups is 1. The lowest BCUT2D eigenvalue weighted by Crippen LogP contribution is -2.24. The molecule has 0 unspecified atom stereocenters. The van der Waals surface area contributed by atoms with Crippen molar-refractivity contribution in [2.45, 2.75) is 26.2 Å². The molecule has 1 aliphatic rings. The van der Waals surface area contributed by atoms with E-state index in [0.29, 0.717) is 39.6 Å². The second-order valence-corrected chi connectivity index (χ2v) is 9.17. The molecule has 0 aliphatic carbocycles. The summed E-state index contributed by atoms with van der Waals surface area (Å²) in [5, 5.41) is 3.51. The minimum Gasteiger partial charge on any atom is -0.352 e. The highest BCUT2D eigenvalue weighted by molar-refractivity contribution is 6.33. The monoisotopic (exact) mass is 498 g/mol. The van der Waals surface area contributed by atoms with Crippen LogP contribution in [0.5, 0.6) is 0 Å². The van der Waals surface area contributed by atoms with Crippen molar-refractivity contribution in [2.24, 2.45) is 4.99 Å². The fraction of sp³-hybridized carbons (Fsp3) is 0.172. The number of aromatic nitrogens is 2. The maximum absolute atomic E-state index is 13.6. The summed E-state index contributed by atoms with van der Waals surface area (Å²) in [6.45, 7) is 2.54. The average Bonchev–Trinajstić information content (AvgIpc) is 3.41. The standard InChI is InChI=1S/C29H24ClFN4O/c1-18-6-12-24(30)23(16-18)28-27(19-7-10-21(31)11-8-19)34-25-13-9-20(17-26(25)35-28)29(36)33-15-3-5-22-4-2-14-32-22/h2,6-14,16-17H,3-5,15H2,1H3,(H,33,36). The van der Waals surface area contributed by atoms with E-state index in [1.165, 1.54) is 12.1 Å². The highest BCUT2D eigenvalue weighted by Gasteiger charge is 2.17. The summed E-state index contributed by atoms with van der Waals surface area (Å²) >= 11 is 6.56. The summed E-state index contributed by atoms with van der Waals surface area (Å²) in [5.74, 6) is -0.492. The van der Waals surface area contributed by atoms with Gasteiger partial charge in [0.05, 0.1) is 27.4 Å². The van der Waals surface area contributed by atoms with Crippen molar-refractivity contribution < 1.29 is 9.18 Å². The second kappa shape index (κ2) is 10.4. The second-order valence-electron chi connectivity index (χ2n) is 8.76. The van der Waals surface area contributed by atoms with E-state index in [0.717, 1.165) is 41.7 Å². The largest absolute Gasteiger partial charge is 0.352 e. The van der Waals surface area contributed by atoms with Crippen LogP contribution in [0.25, 0.3) is 33.5 Å². The van der Waals surface area contributed by atoms with Gasteiger partial charge in [0.15, 0.2) is 0 Å². The molecule has 0 spiro atoms. The first kappa shape index (κ1) is 23.8. The Balaban J connectivity index is 1.48. The first-order chi connectivity index (χ1) is 17.5. The van der Waals surface area contributed by atoms with Gasteiger partial charge in [0, 0.05) is 41.6 Å². The Morgan fingerprint density at radius 2 is 1.81 bits per heavy atom. The molecule has 180 valence electrons. The van der Waals surface area contributed by atoms with Gasteiger partial charge < -0.3 is 5.32 Å². The molecule has 1 aromatic heterocycles. The lowest BCUT2D eigenvalue weighted by Gasteiger charge is -2.13. The fourth-order valence-corrected chi connectivity index (χ4v) is 4.38. The van der Waals surface area contributed by atoms with Gasteiger partial charge in [-0.2, -0.15) is 0 Å². The first-order valence-corrected chi connectivity index (χ1v) is 12.2. The Labute approximate surface area is 213 Å². The molecule has 0 saturated heterocycles.